The van der Waals surface area contributed by atoms with Crippen LogP contribution in [-0.2, 0) is 9.59 Å². The number of nitrogens with one attached hydrogen (secondary N) is 2. The van der Waals surface area contributed by atoms with E-state index in [1.54, 1.807) is 0 Å². The van der Waals surface area contributed by atoms with Gasteiger partial charge in [0, 0.05) is 11.4 Å². The van der Waals surface area contributed by atoms with Gasteiger partial charge in [0.05, 0.1) is 11.8 Å². The normalized spacial score (nSPS) is 18.8. The van der Waals surface area contributed by atoms with E-state index in [2.05, 4.69) is 10.6 Å². The molecule has 2 N–H and O–H groups in total. The number of carbonyl (C=O) groups excluding carboxylic acids is 2. The van der Waals surface area contributed by atoms with Gasteiger partial charge in [-0.15, -0.1) is 0 Å². The Morgan fingerprint density at radius 3 is 2.08 bits per heavy atom. The second-order valence-corrected chi connectivity index (χ2v) is 6.61. The quantitative estimate of drug-likeness (QED) is 0.899. The monoisotopic (exact) mass is 322 g/mol. The first-order valence-corrected chi connectivity index (χ1v) is 8.19. The maximum atomic E-state index is 12.4. The summed E-state index contributed by atoms with van der Waals surface area (Å²) in [7, 11) is 0. The molecule has 1 saturated carbocycles. The maximum absolute atomic E-state index is 12.4. The molecule has 2 unspecified atom stereocenters. The zero-order chi connectivity index (χ0) is 17.3. The minimum Gasteiger partial charge on any atom is -0.326 e. The van der Waals surface area contributed by atoms with Gasteiger partial charge in [-0.1, -0.05) is 29.8 Å². The summed E-state index contributed by atoms with van der Waals surface area (Å²) in [6, 6.07) is 13.6. The highest BCUT2D eigenvalue weighted by Crippen LogP contribution is 2.40. The summed E-state index contributed by atoms with van der Waals surface area (Å²) in [5.74, 6) is -0.639. The Morgan fingerprint density at radius 1 is 0.833 bits per heavy atom. The molecule has 4 heteroatoms. The zero-order valence-corrected chi connectivity index (χ0v) is 14.2. The maximum Gasteiger partial charge on any atom is 0.228 e. The van der Waals surface area contributed by atoms with Crippen LogP contribution in [0.1, 0.15) is 23.1 Å². The molecular weight excluding hydrogens is 300 g/mol. The summed E-state index contributed by atoms with van der Waals surface area (Å²) in [5, 5.41) is 5.83. The summed E-state index contributed by atoms with van der Waals surface area (Å²) < 4.78 is 0. The molecule has 0 saturated heterocycles. The number of rotatable bonds is 4. The third kappa shape index (κ3) is 3.65. The lowest BCUT2D eigenvalue weighted by Crippen LogP contribution is -2.21. The van der Waals surface area contributed by atoms with E-state index in [4.69, 9.17) is 0 Å². The minimum absolute atomic E-state index is 0.0762. The van der Waals surface area contributed by atoms with E-state index in [1.807, 2.05) is 63.2 Å². The number of carbonyl (C=O) groups is 2. The van der Waals surface area contributed by atoms with Gasteiger partial charge in [0.1, 0.15) is 0 Å². The Bertz CT molecular complexity index is 781. The largest absolute Gasteiger partial charge is 0.326 e. The van der Waals surface area contributed by atoms with Crippen molar-refractivity contribution in [3.63, 3.8) is 0 Å². The lowest BCUT2D eigenvalue weighted by Gasteiger charge is -2.09. The third-order valence-electron chi connectivity index (χ3n) is 4.43. The molecule has 2 aromatic rings. The van der Waals surface area contributed by atoms with Crippen molar-refractivity contribution in [2.45, 2.75) is 27.2 Å². The molecule has 3 rings (SSSR count). The van der Waals surface area contributed by atoms with Crippen molar-refractivity contribution in [3.8, 4) is 0 Å². The molecule has 0 aromatic heterocycles. The molecule has 1 aliphatic carbocycles. The molecule has 0 heterocycles. The molecule has 0 radical (unpaired) electrons. The first-order valence-electron chi connectivity index (χ1n) is 8.19. The molecule has 0 aliphatic heterocycles. The molecule has 1 aliphatic rings. The molecule has 2 amide bonds. The van der Waals surface area contributed by atoms with Gasteiger partial charge in [0.25, 0.3) is 0 Å². The van der Waals surface area contributed by atoms with Gasteiger partial charge in [0.2, 0.25) is 11.8 Å². The van der Waals surface area contributed by atoms with Crippen molar-refractivity contribution in [1.29, 1.82) is 0 Å². The smallest absolute Gasteiger partial charge is 0.228 e. The highest BCUT2D eigenvalue weighted by Gasteiger charge is 2.48. The molecule has 4 nitrogen and oxygen atoms in total. The average Bonchev–Trinajstić information content (AvgIpc) is 3.34. The number of aryl methyl sites for hydroxylation is 3. The van der Waals surface area contributed by atoms with Crippen LogP contribution in [0.5, 0.6) is 0 Å². The molecule has 2 atom stereocenters. The van der Waals surface area contributed by atoms with Crippen LogP contribution >= 0.6 is 0 Å². The first kappa shape index (κ1) is 16.2. The van der Waals surface area contributed by atoms with Crippen LogP contribution < -0.4 is 10.6 Å². The van der Waals surface area contributed by atoms with E-state index in [-0.39, 0.29) is 23.7 Å². The van der Waals surface area contributed by atoms with Gasteiger partial charge >= 0.3 is 0 Å². The fraction of sp³-hybridized carbons (Fsp3) is 0.300. The van der Waals surface area contributed by atoms with E-state index in [1.165, 1.54) is 0 Å². The second kappa shape index (κ2) is 6.48. The second-order valence-electron chi connectivity index (χ2n) is 6.61. The van der Waals surface area contributed by atoms with Gasteiger partial charge in [-0.05, 0) is 56.5 Å². The Labute approximate surface area is 142 Å². The average molecular weight is 322 g/mol. The molecule has 0 spiro atoms. The summed E-state index contributed by atoms with van der Waals surface area (Å²) in [5.41, 5.74) is 4.86. The van der Waals surface area contributed by atoms with Crippen LogP contribution in [0.15, 0.2) is 42.5 Å². The van der Waals surface area contributed by atoms with Crippen molar-refractivity contribution in [2.24, 2.45) is 11.8 Å². The summed E-state index contributed by atoms with van der Waals surface area (Å²) in [4.78, 5) is 24.6. The van der Waals surface area contributed by atoms with Crippen molar-refractivity contribution in [2.75, 3.05) is 10.6 Å². The predicted molar refractivity (Wildman–Crippen MR) is 96.0 cm³/mol. The topological polar surface area (TPSA) is 58.2 Å². The molecule has 1 fully saturated rings. The van der Waals surface area contributed by atoms with Crippen LogP contribution in [0.2, 0.25) is 0 Å². The van der Waals surface area contributed by atoms with Gasteiger partial charge in [-0.3, -0.25) is 9.59 Å². The van der Waals surface area contributed by atoms with E-state index < -0.39 is 0 Å². The van der Waals surface area contributed by atoms with E-state index in [0.717, 1.165) is 28.1 Å². The van der Waals surface area contributed by atoms with Gasteiger partial charge < -0.3 is 10.6 Å². The predicted octanol–water partition coefficient (Wildman–Crippen LogP) is 3.83. The zero-order valence-electron chi connectivity index (χ0n) is 14.2. The highest BCUT2D eigenvalue weighted by atomic mass is 16.2. The Morgan fingerprint density at radius 2 is 1.42 bits per heavy atom. The summed E-state index contributed by atoms with van der Waals surface area (Å²) in [6.45, 7) is 5.95. The standard InChI is InChI=1S/C20H22N2O2/c1-12-5-8-15(9-6-12)21-19(23)16-11-17(16)20(24)22-18-10-13(2)4-7-14(18)3/h4-10,16-17H,11H2,1-3H3,(H,21,23)(H,22,24). The van der Waals surface area contributed by atoms with E-state index in [9.17, 15) is 9.59 Å². The minimum atomic E-state index is -0.240. The van der Waals surface area contributed by atoms with Crippen LogP contribution in [0.4, 0.5) is 11.4 Å². The SMILES string of the molecule is Cc1ccc(NC(=O)C2CC2C(=O)Nc2cc(C)ccc2C)cc1. The number of hydrogen-bond donors (Lipinski definition) is 2. The lowest BCUT2D eigenvalue weighted by atomic mass is 10.1. The molecule has 0 bridgehead atoms. The molecule has 124 valence electrons. The molecule has 24 heavy (non-hydrogen) atoms. The van der Waals surface area contributed by atoms with Crippen LogP contribution in [0.25, 0.3) is 0 Å². The number of benzene rings is 2. The molecular formula is C20H22N2O2. The van der Waals surface area contributed by atoms with Crippen molar-refractivity contribution >= 4 is 23.2 Å². The number of hydrogen-bond acceptors (Lipinski definition) is 2. The Hall–Kier alpha value is -2.62. The van der Waals surface area contributed by atoms with E-state index in [0.29, 0.717) is 6.42 Å². The fourth-order valence-electron chi connectivity index (χ4n) is 2.74. The Balaban J connectivity index is 1.58. The summed E-state index contributed by atoms with van der Waals surface area (Å²) in [6.07, 6.45) is 0.606. The van der Waals surface area contributed by atoms with Crippen molar-refractivity contribution in [1.82, 2.24) is 0 Å². The number of amides is 2. The van der Waals surface area contributed by atoms with Crippen LogP contribution in [-0.4, -0.2) is 11.8 Å². The van der Waals surface area contributed by atoms with Gasteiger partial charge in [-0.2, -0.15) is 0 Å². The fourth-order valence-corrected chi connectivity index (χ4v) is 2.74. The van der Waals surface area contributed by atoms with Crippen molar-refractivity contribution < 1.29 is 9.59 Å². The highest BCUT2D eigenvalue weighted by molar-refractivity contribution is 6.03. The van der Waals surface area contributed by atoms with Crippen LogP contribution in [0, 0.1) is 32.6 Å². The Kier molecular flexibility index (Phi) is 4.38. The van der Waals surface area contributed by atoms with Crippen molar-refractivity contribution in [3.05, 3.63) is 59.2 Å². The lowest BCUT2D eigenvalue weighted by molar-refractivity contribution is -0.122. The number of anilines is 2. The van der Waals surface area contributed by atoms with E-state index >= 15 is 0 Å². The van der Waals surface area contributed by atoms with Gasteiger partial charge in [-0.25, -0.2) is 0 Å². The third-order valence-corrected chi connectivity index (χ3v) is 4.43. The first-order chi connectivity index (χ1) is 11.4. The van der Waals surface area contributed by atoms with Gasteiger partial charge in [0.15, 0.2) is 0 Å². The van der Waals surface area contributed by atoms with Crippen LogP contribution in [0.3, 0.4) is 0 Å². The molecule has 2 aromatic carbocycles. The summed E-state index contributed by atoms with van der Waals surface area (Å²) >= 11 is 0.